The van der Waals surface area contributed by atoms with E-state index in [2.05, 4.69) is 22.3 Å². The van der Waals surface area contributed by atoms with Gasteiger partial charge in [0.1, 0.15) is 5.75 Å². The highest BCUT2D eigenvalue weighted by Crippen LogP contribution is 2.66. The van der Waals surface area contributed by atoms with Gasteiger partial charge in [0.05, 0.1) is 13.7 Å². The number of carbonyl (C=O) groups is 2. The van der Waals surface area contributed by atoms with Crippen LogP contribution >= 0.6 is 0 Å². The first-order valence-electron chi connectivity index (χ1n) is 11.9. The maximum atomic E-state index is 12.6. The average Bonchev–Trinajstić information content (AvgIpc) is 3.15. The van der Waals surface area contributed by atoms with Crippen molar-refractivity contribution < 1.29 is 14.3 Å². The third-order valence-corrected chi connectivity index (χ3v) is 8.40. The normalized spacial score (nSPS) is 31.8. The Morgan fingerprint density at radius 3 is 2.35 bits per heavy atom. The van der Waals surface area contributed by atoms with Gasteiger partial charge in [-0.3, -0.25) is 14.5 Å². The molecule has 4 aliphatic carbocycles. The summed E-state index contributed by atoms with van der Waals surface area (Å²) in [5, 5.41) is 2.95. The predicted molar refractivity (Wildman–Crippen MR) is 118 cm³/mol. The molecule has 2 unspecified atom stereocenters. The van der Waals surface area contributed by atoms with E-state index >= 15 is 0 Å². The second-order valence-electron chi connectivity index (χ2n) is 10.4. The fourth-order valence-electron chi connectivity index (χ4n) is 7.07. The Morgan fingerprint density at radius 1 is 1.03 bits per heavy atom. The standard InChI is InChI=1S/C25H35N3O3/c1-31-22-4-2-18(3-5-22)17-27-6-8-28(9-7-27)24(30)16-26-23(29)15-25-13-19-10-20(14-25)12-21(25)11-19/h2-5,19-21H,6-17H2,1H3,(H,26,29). The number of nitrogens with zero attached hydrogens (tertiary/aromatic N) is 2. The third-order valence-electron chi connectivity index (χ3n) is 8.40. The zero-order valence-electron chi connectivity index (χ0n) is 18.6. The summed E-state index contributed by atoms with van der Waals surface area (Å²) >= 11 is 0. The van der Waals surface area contributed by atoms with Crippen molar-refractivity contribution in [3.63, 3.8) is 0 Å². The Kier molecular flexibility index (Phi) is 5.67. The molecule has 6 nitrogen and oxygen atoms in total. The number of rotatable bonds is 7. The molecule has 5 fully saturated rings. The molecule has 31 heavy (non-hydrogen) atoms. The van der Waals surface area contributed by atoms with Crippen LogP contribution in [0.15, 0.2) is 24.3 Å². The molecule has 1 saturated heterocycles. The SMILES string of the molecule is COc1ccc(CN2CCN(C(=O)CNC(=O)CC34CC5CC(CC3C5)C4)CC2)cc1. The van der Waals surface area contributed by atoms with Crippen LogP contribution in [0.3, 0.4) is 0 Å². The molecule has 1 heterocycles. The van der Waals surface area contributed by atoms with Crippen molar-refractivity contribution in [1.29, 1.82) is 0 Å². The van der Waals surface area contributed by atoms with Crippen molar-refractivity contribution in [3.05, 3.63) is 29.8 Å². The Morgan fingerprint density at radius 2 is 1.71 bits per heavy atom. The summed E-state index contributed by atoms with van der Waals surface area (Å²) in [6.45, 7) is 4.19. The number of nitrogens with one attached hydrogen (secondary N) is 1. The molecular weight excluding hydrogens is 390 g/mol. The molecule has 0 aromatic heterocycles. The Balaban J connectivity index is 1.04. The molecule has 0 radical (unpaired) electrons. The average molecular weight is 426 g/mol. The van der Waals surface area contributed by atoms with Crippen LogP contribution in [0.2, 0.25) is 0 Å². The predicted octanol–water partition coefficient (Wildman–Crippen LogP) is 2.67. The largest absolute Gasteiger partial charge is 0.497 e. The van der Waals surface area contributed by atoms with Crippen LogP contribution in [-0.4, -0.2) is 61.4 Å². The molecule has 6 rings (SSSR count). The number of ether oxygens (including phenoxy) is 1. The molecule has 1 aromatic carbocycles. The maximum Gasteiger partial charge on any atom is 0.242 e. The number of piperazine rings is 1. The van der Waals surface area contributed by atoms with Gasteiger partial charge in [0.25, 0.3) is 0 Å². The van der Waals surface area contributed by atoms with Crippen LogP contribution in [0.5, 0.6) is 5.75 Å². The molecular formula is C25H35N3O3. The fraction of sp³-hybridized carbons (Fsp3) is 0.680. The summed E-state index contributed by atoms with van der Waals surface area (Å²) in [7, 11) is 1.68. The number of hydrogen-bond acceptors (Lipinski definition) is 4. The molecule has 6 heteroatoms. The van der Waals surface area contributed by atoms with Gasteiger partial charge >= 0.3 is 0 Å². The van der Waals surface area contributed by atoms with Gasteiger partial charge in [-0.2, -0.15) is 0 Å². The van der Waals surface area contributed by atoms with E-state index in [1.807, 2.05) is 17.0 Å². The Hall–Kier alpha value is -2.08. The van der Waals surface area contributed by atoms with Crippen LogP contribution in [0, 0.1) is 23.2 Å². The monoisotopic (exact) mass is 425 g/mol. The van der Waals surface area contributed by atoms with Gasteiger partial charge in [-0.15, -0.1) is 0 Å². The van der Waals surface area contributed by atoms with Gasteiger partial charge in [0.15, 0.2) is 0 Å². The van der Waals surface area contributed by atoms with E-state index in [1.54, 1.807) is 7.11 Å². The first kappa shape index (κ1) is 20.8. The highest BCUT2D eigenvalue weighted by atomic mass is 16.5. The van der Waals surface area contributed by atoms with Crippen molar-refractivity contribution in [3.8, 4) is 5.75 Å². The quantitative estimate of drug-likeness (QED) is 0.730. The molecule has 168 valence electrons. The second kappa shape index (κ2) is 8.45. The highest BCUT2D eigenvalue weighted by Gasteiger charge is 2.57. The first-order valence-corrected chi connectivity index (χ1v) is 11.9. The highest BCUT2D eigenvalue weighted by molar-refractivity contribution is 5.85. The summed E-state index contributed by atoms with van der Waals surface area (Å²) in [5.41, 5.74) is 1.51. The molecule has 2 amide bonds. The minimum Gasteiger partial charge on any atom is -0.497 e. The number of hydrogen-bond donors (Lipinski definition) is 1. The van der Waals surface area contributed by atoms with E-state index in [1.165, 1.54) is 37.7 Å². The lowest BCUT2D eigenvalue weighted by Gasteiger charge is -2.35. The van der Waals surface area contributed by atoms with Crippen LogP contribution in [0.4, 0.5) is 0 Å². The second-order valence-corrected chi connectivity index (χ2v) is 10.4. The number of benzene rings is 1. The van der Waals surface area contributed by atoms with E-state index in [9.17, 15) is 9.59 Å². The van der Waals surface area contributed by atoms with Gasteiger partial charge in [0, 0.05) is 39.1 Å². The summed E-state index contributed by atoms with van der Waals surface area (Å²) in [6.07, 6.45) is 7.18. The third kappa shape index (κ3) is 4.32. The summed E-state index contributed by atoms with van der Waals surface area (Å²) in [4.78, 5) is 29.6. The maximum absolute atomic E-state index is 12.6. The molecule has 4 bridgehead atoms. The van der Waals surface area contributed by atoms with Crippen LogP contribution in [0.1, 0.15) is 44.1 Å². The molecule has 1 aliphatic heterocycles. The topological polar surface area (TPSA) is 61.9 Å². The summed E-state index contributed by atoms with van der Waals surface area (Å²) < 4.78 is 5.22. The lowest BCUT2D eigenvalue weighted by molar-refractivity contribution is -0.135. The Bertz CT molecular complexity index is 802. The molecule has 4 saturated carbocycles. The number of amides is 2. The zero-order chi connectivity index (χ0) is 21.4. The number of methoxy groups -OCH3 is 1. The van der Waals surface area contributed by atoms with Crippen molar-refractivity contribution in [2.24, 2.45) is 23.2 Å². The minimum atomic E-state index is 0.0483. The van der Waals surface area contributed by atoms with Crippen molar-refractivity contribution >= 4 is 11.8 Å². The molecule has 1 N–H and O–H groups in total. The first-order chi connectivity index (χ1) is 15.0. The van der Waals surface area contributed by atoms with Crippen molar-refractivity contribution in [2.45, 2.75) is 45.1 Å². The van der Waals surface area contributed by atoms with Gasteiger partial charge in [-0.25, -0.2) is 0 Å². The zero-order valence-corrected chi connectivity index (χ0v) is 18.6. The van der Waals surface area contributed by atoms with Gasteiger partial charge in [0.2, 0.25) is 11.8 Å². The lowest BCUT2D eigenvalue weighted by Crippen LogP contribution is -2.51. The van der Waals surface area contributed by atoms with Gasteiger partial charge in [-0.05, 0) is 73.0 Å². The number of carbonyl (C=O) groups excluding carboxylic acids is 2. The molecule has 2 atom stereocenters. The van der Waals surface area contributed by atoms with Crippen LogP contribution in [-0.2, 0) is 16.1 Å². The van der Waals surface area contributed by atoms with E-state index in [0.717, 1.165) is 56.2 Å². The van der Waals surface area contributed by atoms with E-state index in [4.69, 9.17) is 4.74 Å². The van der Waals surface area contributed by atoms with Crippen molar-refractivity contribution in [2.75, 3.05) is 39.8 Å². The summed E-state index contributed by atoms with van der Waals surface area (Å²) in [6, 6.07) is 8.15. The van der Waals surface area contributed by atoms with Gasteiger partial charge < -0.3 is 15.0 Å². The molecule has 5 aliphatic rings. The molecule has 0 spiro atoms. The minimum absolute atomic E-state index is 0.0483. The van der Waals surface area contributed by atoms with Crippen LogP contribution in [0.25, 0.3) is 0 Å². The lowest BCUT2D eigenvalue weighted by atomic mass is 9.73. The van der Waals surface area contributed by atoms with E-state index in [0.29, 0.717) is 6.42 Å². The summed E-state index contributed by atoms with van der Waals surface area (Å²) in [5.74, 6) is 3.49. The van der Waals surface area contributed by atoms with Gasteiger partial charge in [-0.1, -0.05) is 12.1 Å². The molecule has 1 aromatic rings. The van der Waals surface area contributed by atoms with E-state index < -0.39 is 0 Å². The Labute approximate surface area is 185 Å². The van der Waals surface area contributed by atoms with Crippen molar-refractivity contribution in [1.82, 2.24) is 15.1 Å². The van der Waals surface area contributed by atoms with E-state index in [-0.39, 0.29) is 23.8 Å². The fourth-order valence-corrected chi connectivity index (χ4v) is 7.07. The van der Waals surface area contributed by atoms with Crippen LogP contribution < -0.4 is 10.1 Å². The smallest absolute Gasteiger partial charge is 0.242 e.